The standard InChI is InChI=1S/C11H15N3/c1-7-6-10(7)8(2)14-5-4-11(12)13-9(14)3/h4-6,8,10H,3H2,1-2H3,(H2,12,13). The Morgan fingerprint density at radius 1 is 1.64 bits per heavy atom. The SMILES string of the molecule is C=C1N=C(N)C=CN1C(C)C1C=C1C. The van der Waals surface area contributed by atoms with E-state index in [1.807, 2.05) is 12.3 Å². The molecule has 2 rings (SSSR count). The molecule has 2 atom stereocenters. The van der Waals surface area contributed by atoms with Crippen LogP contribution in [0.15, 0.2) is 41.3 Å². The molecule has 0 amide bonds. The number of hydrogen-bond donors (Lipinski definition) is 1. The summed E-state index contributed by atoms with van der Waals surface area (Å²) in [6.07, 6.45) is 6.02. The van der Waals surface area contributed by atoms with Gasteiger partial charge >= 0.3 is 0 Å². The largest absolute Gasteiger partial charge is 0.384 e. The van der Waals surface area contributed by atoms with E-state index < -0.39 is 0 Å². The van der Waals surface area contributed by atoms with E-state index in [0.29, 0.717) is 17.8 Å². The molecule has 1 heterocycles. The van der Waals surface area contributed by atoms with E-state index in [1.54, 1.807) is 0 Å². The Labute approximate surface area is 84.3 Å². The van der Waals surface area contributed by atoms with E-state index in [1.165, 1.54) is 5.57 Å². The van der Waals surface area contributed by atoms with E-state index >= 15 is 0 Å². The summed E-state index contributed by atoms with van der Waals surface area (Å²) in [5.74, 6) is 1.83. The third-order valence-corrected chi connectivity index (χ3v) is 2.78. The molecule has 3 heteroatoms. The topological polar surface area (TPSA) is 41.6 Å². The van der Waals surface area contributed by atoms with Gasteiger partial charge in [0, 0.05) is 18.2 Å². The molecule has 0 fully saturated rings. The van der Waals surface area contributed by atoms with Gasteiger partial charge in [-0.05, 0) is 19.9 Å². The molecule has 0 aromatic rings. The highest BCUT2D eigenvalue weighted by atomic mass is 15.2. The second-order valence-corrected chi connectivity index (χ2v) is 3.85. The lowest BCUT2D eigenvalue weighted by Crippen LogP contribution is -2.32. The minimum Gasteiger partial charge on any atom is -0.384 e. The fraction of sp³-hybridized carbons (Fsp3) is 0.364. The Balaban J connectivity index is 2.06. The van der Waals surface area contributed by atoms with Crippen molar-refractivity contribution in [3.05, 3.63) is 36.3 Å². The van der Waals surface area contributed by atoms with Gasteiger partial charge < -0.3 is 10.6 Å². The van der Waals surface area contributed by atoms with Crippen LogP contribution in [0, 0.1) is 5.92 Å². The highest BCUT2D eigenvalue weighted by Gasteiger charge is 2.31. The zero-order valence-electron chi connectivity index (χ0n) is 8.57. The fourth-order valence-corrected chi connectivity index (χ4v) is 1.79. The summed E-state index contributed by atoms with van der Waals surface area (Å²) in [5.41, 5.74) is 7.01. The van der Waals surface area contributed by atoms with Crippen LogP contribution in [0.3, 0.4) is 0 Å². The van der Waals surface area contributed by atoms with Crippen LogP contribution in [0.5, 0.6) is 0 Å². The molecule has 0 bridgehead atoms. The van der Waals surface area contributed by atoms with Crippen molar-refractivity contribution in [2.24, 2.45) is 16.6 Å². The van der Waals surface area contributed by atoms with Gasteiger partial charge in [0.05, 0.1) is 0 Å². The van der Waals surface area contributed by atoms with Gasteiger partial charge in [0.1, 0.15) is 11.7 Å². The van der Waals surface area contributed by atoms with Gasteiger partial charge in [0.2, 0.25) is 0 Å². The van der Waals surface area contributed by atoms with Crippen LogP contribution in [0.25, 0.3) is 0 Å². The van der Waals surface area contributed by atoms with Crippen molar-refractivity contribution in [3.63, 3.8) is 0 Å². The number of nitrogens with two attached hydrogens (primary N) is 1. The van der Waals surface area contributed by atoms with Gasteiger partial charge in [-0.3, -0.25) is 0 Å². The van der Waals surface area contributed by atoms with Crippen LogP contribution in [-0.4, -0.2) is 16.8 Å². The number of rotatable bonds is 2. The van der Waals surface area contributed by atoms with Crippen LogP contribution in [-0.2, 0) is 0 Å². The zero-order chi connectivity index (χ0) is 10.3. The lowest BCUT2D eigenvalue weighted by molar-refractivity contribution is 0.333. The van der Waals surface area contributed by atoms with Gasteiger partial charge in [0.25, 0.3) is 0 Å². The first-order chi connectivity index (χ1) is 6.59. The average Bonchev–Trinajstić information content (AvgIpc) is 2.81. The summed E-state index contributed by atoms with van der Waals surface area (Å²) in [6.45, 7) is 8.21. The molecule has 1 aliphatic heterocycles. The quantitative estimate of drug-likeness (QED) is 0.670. The number of hydrogen-bond acceptors (Lipinski definition) is 3. The molecule has 1 aliphatic carbocycles. The normalized spacial score (nSPS) is 27.1. The molecule has 0 aromatic heterocycles. The van der Waals surface area contributed by atoms with Gasteiger partial charge in [-0.1, -0.05) is 18.2 Å². The van der Waals surface area contributed by atoms with Crippen molar-refractivity contribution < 1.29 is 0 Å². The van der Waals surface area contributed by atoms with E-state index in [-0.39, 0.29) is 0 Å². The first-order valence-corrected chi connectivity index (χ1v) is 4.77. The monoisotopic (exact) mass is 189 g/mol. The van der Waals surface area contributed by atoms with Crippen LogP contribution >= 0.6 is 0 Å². The maximum atomic E-state index is 5.57. The predicted molar refractivity (Wildman–Crippen MR) is 58.5 cm³/mol. The Bertz CT molecular complexity index is 363. The lowest BCUT2D eigenvalue weighted by Gasteiger charge is -2.29. The van der Waals surface area contributed by atoms with E-state index in [2.05, 4.69) is 36.4 Å². The summed E-state index contributed by atoms with van der Waals surface area (Å²) in [4.78, 5) is 6.20. The number of nitrogens with zero attached hydrogens (tertiary/aromatic N) is 2. The first kappa shape index (κ1) is 9.06. The number of aliphatic imine (C=N–C) groups is 1. The molecule has 2 N–H and O–H groups in total. The summed E-state index contributed by atoms with van der Waals surface area (Å²) in [5, 5.41) is 0. The Morgan fingerprint density at radius 2 is 2.29 bits per heavy atom. The summed E-state index contributed by atoms with van der Waals surface area (Å²) >= 11 is 0. The van der Waals surface area contributed by atoms with E-state index in [9.17, 15) is 0 Å². The van der Waals surface area contributed by atoms with Crippen LogP contribution in [0.2, 0.25) is 0 Å². The van der Waals surface area contributed by atoms with Gasteiger partial charge in [-0.2, -0.15) is 0 Å². The molecule has 0 saturated heterocycles. The molecule has 0 spiro atoms. The molecule has 2 aliphatic rings. The van der Waals surface area contributed by atoms with Crippen LogP contribution in [0.1, 0.15) is 13.8 Å². The Hall–Kier alpha value is -1.51. The molecule has 74 valence electrons. The first-order valence-electron chi connectivity index (χ1n) is 4.77. The lowest BCUT2D eigenvalue weighted by atomic mass is 10.1. The summed E-state index contributed by atoms with van der Waals surface area (Å²) < 4.78 is 0. The smallest absolute Gasteiger partial charge is 0.127 e. The highest BCUT2D eigenvalue weighted by molar-refractivity contribution is 5.92. The van der Waals surface area contributed by atoms with Crippen molar-refractivity contribution in [2.45, 2.75) is 19.9 Å². The Kier molecular flexibility index (Phi) is 1.95. The zero-order valence-corrected chi connectivity index (χ0v) is 8.57. The molecule has 2 unspecified atom stereocenters. The minimum absolute atomic E-state index is 0.399. The van der Waals surface area contributed by atoms with Crippen molar-refractivity contribution in [2.75, 3.05) is 0 Å². The van der Waals surface area contributed by atoms with Gasteiger partial charge in [0.15, 0.2) is 0 Å². The van der Waals surface area contributed by atoms with Gasteiger partial charge in [-0.25, -0.2) is 4.99 Å². The third kappa shape index (κ3) is 1.45. The molecule has 14 heavy (non-hydrogen) atoms. The Morgan fingerprint density at radius 3 is 2.79 bits per heavy atom. The number of amidine groups is 1. The highest BCUT2D eigenvalue weighted by Crippen LogP contribution is 2.35. The molecular weight excluding hydrogens is 174 g/mol. The predicted octanol–water partition coefficient (Wildman–Crippen LogP) is 1.61. The maximum Gasteiger partial charge on any atom is 0.127 e. The second kappa shape index (κ2) is 3.01. The van der Waals surface area contributed by atoms with E-state index in [4.69, 9.17) is 5.73 Å². The molecule has 3 nitrogen and oxygen atoms in total. The molecular formula is C11H15N3. The molecule has 0 radical (unpaired) electrons. The third-order valence-electron chi connectivity index (χ3n) is 2.78. The van der Waals surface area contributed by atoms with Gasteiger partial charge in [-0.15, -0.1) is 0 Å². The second-order valence-electron chi connectivity index (χ2n) is 3.85. The van der Waals surface area contributed by atoms with Crippen molar-refractivity contribution >= 4 is 5.84 Å². The summed E-state index contributed by atoms with van der Waals surface area (Å²) in [7, 11) is 0. The average molecular weight is 189 g/mol. The fourth-order valence-electron chi connectivity index (χ4n) is 1.79. The summed E-state index contributed by atoms with van der Waals surface area (Å²) in [6, 6.07) is 0.399. The molecule has 0 saturated carbocycles. The maximum absolute atomic E-state index is 5.57. The van der Waals surface area contributed by atoms with Crippen molar-refractivity contribution in [1.29, 1.82) is 0 Å². The van der Waals surface area contributed by atoms with Crippen molar-refractivity contribution in [1.82, 2.24) is 4.90 Å². The van der Waals surface area contributed by atoms with Crippen LogP contribution < -0.4 is 5.73 Å². The van der Waals surface area contributed by atoms with Crippen molar-refractivity contribution in [3.8, 4) is 0 Å². The van der Waals surface area contributed by atoms with E-state index in [0.717, 1.165) is 5.82 Å². The molecule has 0 aromatic carbocycles. The van der Waals surface area contributed by atoms with Crippen LogP contribution in [0.4, 0.5) is 0 Å². The minimum atomic E-state index is 0.399.